The minimum atomic E-state index is -0.208. The normalized spacial score (nSPS) is 14.7. The van der Waals surface area contributed by atoms with Crippen LogP contribution in [0.15, 0.2) is 22.8 Å². The van der Waals surface area contributed by atoms with Gasteiger partial charge >= 0.3 is 5.97 Å². The summed E-state index contributed by atoms with van der Waals surface area (Å²) in [6.45, 7) is 0. The lowest BCUT2D eigenvalue weighted by Crippen LogP contribution is -2.16. The van der Waals surface area contributed by atoms with Gasteiger partial charge in [-0.25, -0.2) is 0 Å². The maximum atomic E-state index is 11.2. The molecule has 1 aliphatic rings. The summed E-state index contributed by atoms with van der Waals surface area (Å²) in [4.78, 5) is 11.2. The van der Waals surface area contributed by atoms with E-state index in [9.17, 15) is 4.79 Å². The van der Waals surface area contributed by atoms with E-state index in [0.29, 0.717) is 24.2 Å². The number of benzene rings is 1. The zero-order chi connectivity index (χ0) is 11.1. The minimum absolute atomic E-state index is 0.208. The molecule has 0 amide bonds. The van der Waals surface area contributed by atoms with Gasteiger partial charge in [0.2, 0.25) is 0 Å². The summed E-state index contributed by atoms with van der Waals surface area (Å²) in [5.41, 5.74) is 1.61. The molecule has 4 nitrogen and oxygen atoms in total. The van der Waals surface area contributed by atoms with E-state index in [1.54, 1.807) is 19.4 Å². The lowest BCUT2D eigenvalue weighted by molar-refractivity contribution is -0.135. The lowest BCUT2D eigenvalue weighted by atomic mass is 10.0. The number of esters is 1. The van der Waals surface area contributed by atoms with Gasteiger partial charge in [-0.05, 0) is 12.5 Å². The second-order valence-electron chi connectivity index (χ2n) is 3.69. The van der Waals surface area contributed by atoms with E-state index in [1.807, 2.05) is 6.07 Å². The third kappa shape index (κ3) is 1.19. The van der Waals surface area contributed by atoms with Crippen LogP contribution in [0.4, 0.5) is 0 Å². The molecule has 1 aliphatic heterocycles. The highest BCUT2D eigenvalue weighted by Gasteiger charge is 2.23. The first-order valence-corrected chi connectivity index (χ1v) is 5.07. The van der Waals surface area contributed by atoms with Gasteiger partial charge in [-0.2, -0.15) is 0 Å². The minimum Gasteiger partial charge on any atom is -0.496 e. The van der Waals surface area contributed by atoms with Gasteiger partial charge in [0.15, 0.2) is 0 Å². The molecule has 82 valence electrons. The number of ether oxygens (including phenoxy) is 2. The monoisotopic (exact) mass is 218 g/mol. The van der Waals surface area contributed by atoms with Crippen LogP contribution in [-0.2, 0) is 11.2 Å². The van der Waals surface area contributed by atoms with Crippen molar-refractivity contribution < 1.29 is 18.7 Å². The van der Waals surface area contributed by atoms with Crippen molar-refractivity contribution in [1.82, 2.24) is 0 Å². The van der Waals surface area contributed by atoms with Gasteiger partial charge in [-0.15, -0.1) is 0 Å². The summed E-state index contributed by atoms with van der Waals surface area (Å²) in [5, 5.41) is 0.916. The molecule has 0 fully saturated rings. The summed E-state index contributed by atoms with van der Waals surface area (Å²) < 4.78 is 15.8. The van der Waals surface area contributed by atoms with Crippen molar-refractivity contribution in [3.8, 4) is 11.5 Å². The summed E-state index contributed by atoms with van der Waals surface area (Å²) >= 11 is 0. The first-order chi connectivity index (χ1) is 7.79. The molecule has 4 heteroatoms. The Balaban J connectivity index is 2.31. The number of hydrogen-bond acceptors (Lipinski definition) is 4. The molecule has 0 bridgehead atoms. The Morgan fingerprint density at radius 1 is 1.38 bits per heavy atom. The molecular formula is C12H10O4. The molecule has 0 saturated carbocycles. The van der Waals surface area contributed by atoms with E-state index in [0.717, 1.165) is 16.7 Å². The predicted octanol–water partition coefficient (Wildman–Crippen LogP) is 2.29. The molecule has 1 aromatic carbocycles. The van der Waals surface area contributed by atoms with E-state index < -0.39 is 0 Å². The molecule has 0 N–H and O–H groups in total. The molecule has 0 aliphatic carbocycles. The maximum Gasteiger partial charge on any atom is 0.311 e. The fraction of sp³-hybridized carbons (Fsp3) is 0.250. The molecule has 16 heavy (non-hydrogen) atoms. The van der Waals surface area contributed by atoms with Crippen LogP contribution in [0.2, 0.25) is 0 Å². The topological polar surface area (TPSA) is 48.7 Å². The van der Waals surface area contributed by atoms with Crippen LogP contribution in [0.1, 0.15) is 12.0 Å². The van der Waals surface area contributed by atoms with Gasteiger partial charge in [0.1, 0.15) is 17.1 Å². The Kier molecular flexibility index (Phi) is 1.89. The van der Waals surface area contributed by atoms with E-state index in [2.05, 4.69) is 0 Å². The number of carbonyl (C=O) groups is 1. The van der Waals surface area contributed by atoms with Gasteiger partial charge in [0.05, 0.1) is 25.2 Å². The van der Waals surface area contributed by atoms with Crippen LogP contribution < -0.4 is 9.47 Å². The highest BCUT2D eigenvalue weighted by molar-refractivity contribution is 5.90. The van der Waals surface area contributed by atoms with Crippen molar-refractivity contribution >= 4 is 16.9 Å². The van der Waals surface area contributed by atoms with Crippen molar-refractivity contribution in [2.24, 2.45) is 0 Å². The number of methoxy groups -OCH3 is 1. The van der Waals surface area contributed by atoms with Crippen LogP contribution in [0.5, 0.6) is 11.5 Å². The molecule has 0 unspecified atom stereocenters. The average Bonchev–Trinajstić information content (AvgIpc) is 2.73. The largest absolute Gasteiger partial charge is 0.496 e. The van der Waals surface area contributed by atoms with Crippen LogP contribution in [0, 0.1) is 0 Å². The Hall–Kier alpha value is -1.97. The fourth-order valence-electron chi connectivity index (χ4n) is 2.06. The predicted molar refractivity (Wildman–Crippen MR) is 56.7 cm³/mol. The summed E-state index contributed by atoms with van der Waals surface area (Å²) in [7, 11) is 1.61. The molecule has 0 saturated heterocycles. The Morgan fingerprint density at radius 2 is 2.25 bits per heavy atom. The van der Waals surface area contributed by atoms with Crippen molar-refractivity contribution in [2.45, 2.75) is 12.8 Å². The average molecular weight is 218 g/mol. The summed E-state index contributed by atoms with van der Waals surface area (Å²) in [5.74, 6) is 1.09. The maximum absolute atomic E-state index is 11.2. The molecule has 0 spiro atoms. The quantitative estimate of drug-likeness (QED) is 0.544. The molecule has 2 heterocycles. The van der Waals surface area contributed by atoms with E-state index in [4.69, 9.17) is 13.9 Å². The van der Waals surface area contributed by atoms with E-state index in [-0.39, 0.29) is 5.97 Å². The van der Waals surface area contributed by atoms with Crippen molar-refractivity contribution in [3.05, 3.63) is 24.0 Å². The number of hydrogen-bond donors (Lipinski definition) is 0. The van der Waals surface area contributed by atoms with Crippen LogP contribution in [-0.4, -0.2) is 13.1 Å². The van der Waals surface area contributed by atoms with Gasteiger partial charge < -0.3 is 13.9 Å². The molecule has 2 aromatic rings. The van der Waals surface area contributed by atoms with Crippen LogP contribution in [0.25, 0.3) is 11.0 Å². The van der Waals surface area contributed by atoms with Gasteiger partial charge in [-0.1, -0.05) is 0 Å². The summed E-state index contributed by atoms with van der Waals surface area (Å²) in [6.07, 6.45) is 2.64. The molecule has 0 radical (unpaired) electrons. The molecule has 0 atom stereocenters. The summed E-state index contributed by atoms with van der Waals surface area (Å²) in [6, 6.07) is 3.59. The first kappa shape index (κ1) is 9.27. The zero-order valence-corrected chi connectivity index (χ0v) is 8.78. The van der Waals surface area contributed by atoms with Crippen LogP contribution >= 0.6 is 0 Å². The fourth-order valence-corrected chi connectivity index (χ4v) is 2.06. The second kappa shape index (κ2) is 3.27. The SMILES string of the molecule is COc1c2c(cc3occc13)OC(=O)CC2. The number of fused-ring (bicyclic) bond motifs is 2. The third-order valence-electron chi connectivity index (χ3n) is 2.78. The van der Waals surface area contributed by atoms with Crippen molar-refractivity contribution in [1.29, 1.82) is 0 Å². The standard InChI is InChI=1S/C12H10O4/c1-14-12-7-2-3-11(13)16-10(7)6-9-8(12)4-5-15-9/h4-6H,2-3H2,1H3. The molecule has 1 aromatic heterocycles. The van der Waals surface area contributed by atoms with Crippen molar-refractivity contribution in [2.75, 3.05) is 7.11 Å². The lowest BCUT2D eigenvalue weighted by Gasteiger charge is -2.18. The van der Waals surface area contributed by atoms with Crippen molar-refractivity contribution in [3.63, 3.8) is 0 Å². The second-order valence-corrected chi connectivity index (χ2v) is 3.69. The number of carbonyl (C=O) groups excluding carboxylic acids is 1. The number of rotatable bonds is 1. The third-order valence-corrected chi connectivity index (χ3v) is 2.78. The van der Waals surface area contributed by atoms with Crippen LogP contribution in [0.3, 0.4) is 0 Å². The van der Waals surface area contributed by atoms with Gasteiger partial charge in [0, 0.05) is 11.6 Å². The molecular weight excluding hydrogens is 208 g/mol. The van der Waals surface area contributed by atoms with E-state index >= 15 is 0 Å². The van der Waals surface area contributed by atoms with Gasteiger partial charge in [-0.3, -0.25) is 4.79 Å². The zero-order valence-electron chi connectivity index (χ0n) is 8.78. The Labute approximate surface area is 91.7 Å². The molecule has 3 rings (SSSR count). The first-order valence-electron chi connectivity index (χ1n) is 5.07. The number of furan rings is 1. The smallest absolute Gasteiger partial charge is 0.311 e. The van der Waals surface area contributed by atoms with E-state index in [1.165, 1.54) is 0 Å². The highest BCUT2D eigenvalue weighted by Crippen LogP contribution is 2.40. The highest BCUT2D eigenvalue weighted by atomic mass is 16.5. The van der Waals surface area contributed by atoms with Gasteiger partial charge in [0.25, 0.3) is 0 Å². The Bertz CT molecular complexity index is 568. The Morgan fingerprint density at radius 3 is 3.06 bits per heavy atom.